The van der Waals surface area contributed by atoms with Crippen LogP contribution in [0.15, 0.2) is 30.3 Å². The van der Waals surface area contributed by atoms with E-state index < -0.39 is 5.82 Å². The molecule has 4 nitrogen and oxygen atoms in total. The number of nitrogens with one attached hydrogen (secondary N) is 1. The number of hydrogen-bond acceptors (Lipinski definition) is 4. The fraction of sp³-hybridized carbons (Fsp3) is 0. The Bertz CT molecular complexity index is 577. The van der Waals surface area contributed by atoms with Crippen molar-refractivity contribution in [3.63, 3.8) is 0 Å². The molecule has 0 aliphatic rings. The van der Waals surface area contributed by atoms with Gasteiger partial charge in [-0.15, -0.1) is 10.2 Å². The molecule has 84 valence electrons. The van der Waals surface area contributed by atoms with Crippen molar-refractivity contribution in [2.24, 2.45) is 0 Å². The van der Waals surface area contributed by atoms with Crippen LogP contribution in [-0.4, -0.2) is 10.2 Å². The second-order valence-electron chi connectivity index (χ2n) is 3.16. The van der Waals surface area contributed by atoms with Crippen molar-refractivity contribution in [2.75, 3.05) is 5.32 Å². The summed E-state index contributed by atoms with van der Waals surface area (Å²) in [5, 5.41) is 18.7. The lowest BCUT2D eigenvalue weighted by molar-refractivity contribution is 0.630. The molecule has 0 fully saturated rings. The number of aromatic nitrogens is 2. The van der Waals surface area contributed by atoms with Gasteiger partial charge in [0.05, 0.1) is 5.69 Å². The highest BCUT2D eigenvalue weighted by Gasteiger charge is 2.07. The maximum Gasteiger partial charge on any atom is 0.182 e. The number of nitriles is 1. The van der Waals surface area contributed by atoms with Crippen LogP contribution in [0.4, 0.5) is 10.2 Å². The predicted octanol–water partition coefficient (Wildman–Crippen LogP) is 2.83. The van der Waals surface area contributed by atoms with Crippen LogP contribution in [0.25, 0.3) is 11.3 Å². The van der Waals surface area contributed by atoms with Gasteiger partial charge in [-0.25, -0.2) is 4.39 Å². The van der Waals surface area contributed by atoms with E-state index in [1.54, 1.807) is 12.3 Å². The Morgan fingerprint density at radius 3 is 2.71 bits per heavy atom. The van der Waals surface area contributed by atoms with E-state index in [4.69, 9.17) is 16.9 Å². The van der Waals surface area contributed by atoms with Gasteiger partial charge in [-0.05, 0) is 30.3 Å². The topological polar surface area (TPSA) is 61.6 Å². The van der Waals surface area contributed by atoms with Crippen LogP contribution in [0.2, 0.25) is 5.02 Å². The van der Waals surface area contributed by atoms with Gasteiger partial charge in [0.2, 0.25) is 0 Å². The first-order chi connectivity index (χ1) is 8.20. The van der Waals surface area contributed by atoms with Crippen LogP contribution in [0.3, 0.4) is 0 Å². The van der Waals surface area contributed by atoms with Crippen LogP contribution in [0.5, 0.6) is 0 Å². The summed E-state index contributed by atoms with van der Waals surface area (Å²) >= 11 is 5.78. The van der Waals surface area contributed by atoms with Crippen LogP contribution in [0.1, 0.15) is 0 Å². The summed E-state index contributed by atoms with van der Waals surface area (Å²) in [4.78, 5) is 0. The van der Waals surface area contributed by atoms with Gasteiger partial charge in [0.1, 0.15) is 5.82 Å². The molecule has 6 heteroatoms. The fourth-order valence-electron chi connectivity index (χ4n) is 1.29. The second kappa shape index (κ2) is 4.76. The number of hydrogen-bond donors (Lipinski definition) is 1. The minimum atomic E-state index is -0.426. The van der Waals surface area contributed by atoms with E-state index in [0.717, 1.165) is 0 Å². The van der Waals surface area contributed by atoms with Gasteiger partial charge < -0.3 is 0 Å². The minimum absolute atomic E-state index is 0.272. The van der Waals surface area contributed by atoms with Gasteiger partial charge in [0, 0.05) is 10.6 Å². The lowest BCUT2D eigenvalue weighted by Gasteiger charge is -2.03. The summed E-state index contributed by atoms with van der Waals surface area (Å²) < 4.78 is 13.5. The zero-order chi connectivity index (χ0) is 12.3. The summed E-state index contributed by atoms with van der Waals surface area (Å²) in [5.41, 5.74) is 0.627. The highest BCUT2D eigenvalue weighted by molar-refractivity contribution is 6.30. The molecule has 2 aromatic rings. The molecule has 1 aromatic heterocycles. The molecule has 0 saturated heterocycles. The Kier molecular flexibility index (Phi) is 3.17. The van der Waals surface area contributed by atoms with Gasteiger partial charge in [0.25, 0.3) is 0 Å². The first-order valence-corrected chi connectivity index (χ1v) is 5.03. The fourth-order valence-corrected chi connectivity index (χ4v) is 1.47. The van der Waals surface area contributed by atoms with Crippen molar-refractivity contribution in [3.8, 4) is 17.5 Å². The molecule has 0 bridgehead atoms. The Labute approximate surface area is 102 Å². The number of rotatable bonds is 2. The summed E-state index contributed by atoms with van der Waals surface area (Å²) in [5.74, 6) is -0.122. The lowest BCUT2D eigenvalue weighted by Crippen LogP contribution is -1.96. The normalized spacial score (nSPS) is 9.71. The first kappa shape index (κ1) is 11.3. The van der Waals surface area contributed by atoms with Crippen molar-refractivity contribution in [1.82, 2.24) is 10.2 Å². The van der Waals surface area contributed by atoms with Gasteiger partial charge in [0.15, 0.2) is 12.0 Å². The van der Waals surface area contributed by atoms with E-state index in [9.17, 15) is 4.39 Å². The monoisotopic (exact) mass is 248 g/mol. The molecular formula is C11H6ClFN4. The van der Waals surface area contributed by atoms with E-state index in [0.29, 0.717) is 16.5 Å². The van der Waals surface area contributed by atoms with Crippen LogP contribution >= 0.6 is 11.6 Å². The van der Waals surface area contributed by atoms with Crippen molar-refractivity contribution in [2.45, 2.75) is 0 Å². The standard InChI is InChI=1S/C11H6ClFN4/c12-7-1-2-9(13)8(5-7)10-3-4-11(15-6-14)17-16-10/h1-5H,(H,15,17). The SMILES string of the molecule is N#CNc1ccc(-c2cc(Cl)ccc2F)nn1. The molecule has 0 atom stereocenters. The van der Waals surface area contributed by atoms with Gasteiger partial charge >= 0.3 is 0 Å². The van der Waals surface area contributed by atoms with Crippen molar-refractivity contribution >= 4 is 17.4 Å². The number of nitrogens with zero attached hydrogens (tertiary/aromatic N) is 3. The quantitative estimate of drug-likeness (QED) is 0.656. The number of halogens is 2. The molecule has 0 amide bonds. The van der Waals surface area contributed by atoms with Crippen LogP contribution in [-0.2, 0) is 0 Å². The molecule has 0 aliphatic carbocycles. The second-order valence-corrected chi connectivity index (χ2v) is 3.60. The Balaban J connectivity index is 2.40. The van der Waals surface area contributed by atoms with Crippen molar-refractivity contribution < 1.29 is 4.39 Å². The zero-order valence-electron chi connectivity index (χ0n) is 8.48. The summed E-state index contributed by atoms with van der Waals surface area (Å²) in [7, 11) is 0. The van der Waals surface area contributed by atoms with E-state index in [-0.39, 0.29) is 5.56 Å². The highest BCUT2D eigenvalue weighted by atomic mass is 35.5. The van der Waals surface area contributed by atoms with Crippen molar-refractivity contribution in [1.29, 1.82) is 5.26 Å². The molecule has 1 heterocycles. The Morgan fingerprint density at radius 1 is 1.24 bits per heavy atom. The Hall–Kier alpha value is -2.19. The van der Waals surface area contributed by atoms with Gasteiger partial charge in [-0.3, -0.25) is 5.32 Å². The molecule has 0 aliphatic heterocycles. The lowest BCUT2D eigenvalue weighted by atomic mass is 10.1. The zero-order valence-corrected chi connectivity index (χ0v) is 9.24. The number of anilines is 1. The molecule has 0 unspecified atom stereocenters. The maximum absolute atomic E-state index is 13.5. The minimum Gasteiger partial charge on any atom is -0.275 e. The van der Waals surface area contributed by atoms with E-state index >= 15 is 0 Å². The van der Waals surface area contributed by atoms with Crippen molar-refractivity contribution in [3.05, 3.63) is 41.2 Å². The van der Waals surface area contributed by atoms with Gasteiger partial charge in [-0.2, -0.15) is 5.26 Å². The van der Waals surface area contributed by atoms with E-state index in [2.05, 4.69) is 15.5 Å². The maximum atomic E-state index is 13.5. The molecule has 1 N–H and O–H groups in total. The third-order valence-corrected chi connectivity index (χ3v) is 2.29. The smallest absolute Gasteiger partial charge is 0.182 e. The molecule has 0 saturated carbocycles. The average Bonchev–Trinajstić information content (AvgIpc) is 2.34. The Morgan fingerprint density at radius 2 is 2.06 bits per heavy atom. The molecule has 0 radical (unpaired) electrons. The summed E-state index contributed by atoms with van der Waals surface area (Å²) in [6, 6.07) is 7.28. The van der Waals surface area contributed by atoms with Crippen LogP contribution in [0, 0.1) is 17.3 Å². The van der Waals surface area contributed by atoms with Gasteiger partial charge in [-0.1, -0.05) is 11.6 Å². The number of benzene rings is 1. The molecule has 2 rings (SSSR count). The molecule has 0 spiro atoms. The molecule has 1 aromatic carbocycles. The van der Waals surface area contributed by atoms with Crippen LogP contribution < -0.4 is 5.32 Å². The average molecular weight is 249 g/mol. The first-order valence-electron chi connectivity index (χ1n) is 4.65. The van der Waals surface area contributed by atoms with E-state index in [1.807, 2.05) is 0 Å². The van der Waals surface area contributed by atoms with E-state index in [1.165, 1.54) is 24.3 Å². The molecule has 17 heavy (non-hydrogen) atoms. The largest absolute Gasteiger partial charge is 0.275 e. The summed E-state index contributed by atoms with van der Waals surface area (Å²) in [6.45, 7) is 0. The molecular weight excluding hydrogens is 243 g/mol. The third-order valence-electron chi connectivity index (χ3n) is 2.05. The highest BCUT2D eigenvalue weighted by Crippen LogP contribution is 2.24. The predicted molar refractivity (Wildman–Crippen MR) is 61.7 cm³/mol. The summed E-state index contributed by atoms with van der Waals surface area (Å²) in [6.07, 6.45) is 1.72. The third kappa shape index (κ3) is 2.49.